The number of benzene rings is 8. The van der Waals surface area contributed by atoms with Crippen molar-refractivity contribution >= 4 is 43.5 Å². The van der Waals surface area contributed by atoms with Crippen LogP contribution < -0.4 is 0 Å². The van der Waals surface area contributed by atoms with Crippen molar-refractivity contribution in [1.82, 2.24) is 15.0 Å². The average Bonchev–Trinajstić information content (AvgIpc) is 3.61. The summed E-state index contributed by atoms with van der Waals surface area (Å²) in [4.78, 5) is 15.2. The standard InChI is InChI=1S/C47H29N3O/c1-2-9-30(10-3-1)32-17-19-33(20-18-32)34-21-24-35(25-22-34)45-48-46(39-26-23-31-11-4-5-12-36(31)27-39)50-47(49-45)40-15-8-16-42-44(40)41-28-37-13-6-7-14-38(37)29-43(41)51-42/h1-29H/i1D,2D,3D,9D,10D. The molecule has 4 nitrogen and oxygen atoms in total. The van der Waals surface area contributed by atoms with Crippen molar-refractivity contribution in [3.63, 3.8) is 0 Å². The molecule has 0 bridgehead atoms. The van der Waals surface area contributed by atoms with Gasteiger partial charge in [0.05, 0.1) is 6.85 Å². The summed E-state index contributed by atoms with van der Waals surface area (Å²) >= 11 is 0. The molecule has 10 rings (SSSR count). The molecule has 0 saturated heterocycles. The second-order valence-electron chi connectivity index (χ2n) is 12.5. The number of furan rings is 1. The van der Waals surface area contributed by atoms with Gasteiger partial charge >= 0.3 is 0 Å². The minimum absolute atomic E-state index is 0.179. The van der Waals surface area contributed by atoms with Crippen LogP contribution in [0.1, 0.15) is 6.85 Å². The van der Waals surface area contributed by atoms with Gasteiger partial charge in [-0.05, 0) is 68.1 Å². The molecule has 0 aliphatic carbocycles. The molecule has 0 N–H and O–H groups in total. The third kappa shape index (κ3) is 5.22. The van der Waals surface area contributed by atoms with Gasteiger partial charge in [-0.2, -0.15) is 0 Å². The van der Waals surface area contributed by atoms with Crippen LogP contribution in [0.15, 0.2) is 180 Å². The van der Waals surface area contributed by atoms with E-state index in [4.69, 9.17) is 26.2 Å². The fraction of sp³-hybridized carbons (Fsp3) is 0. The topological polar surface area (TPSA) is 51.8 Å². The summed E-state index contributed by atoms with van der Waals surface area (Å²) in [6, 6.07) is 46.7. The number of rotatable bonds is 5. The number of hydrogen-bond acceptors (Lipinski definition) is 4. The second kappa shape index (κ2) is 11.9. The molecular formula is C47H29N3O. The number of aromatic nitrogens is 3. The van der Waals surface area contributed by atoms with Crippen molar-refractivity contribution in [2.75, 3.05) is 0 Å². The van der Waals surface area contributed by atoms with E-state index in [1.54, 1.807) is 12.1 Å². The van der Waals surface area contributed by atoms with Crippen molar-refractivity contribution < 1.29 is 11.3 Å². The van der Waals surface area contributed by atoms with E-state index < -0.39 is 6.04 Å². The largest absolute Gasteiger partial charge is 0.456 e. The first-order valence-corrected chi connectivity index (χ1v) is 16.7. The summed E-state index contributed by atoms with van der Waals surface area (Å²) < 4.78 is 47.2. The van der Waals surface area contributed by atoms with E-state index in [2.05, 4.69) is 48.5 Å². The Morgan fingerprint density at radius 2 is 0.941 bits per heavy atom. The Morgan fingerprint density at radius 3 is 1.65 bits per heavy atom. The van der Waals surface area contributed by atoms with E-state index in [0.717, 1.165) is 71.3 Å². The zero-order valence-corrected chi connectivity index (χ0v) is 27.1. The van der Waals surface area contributed by atoms with Crippen LogP contribution in [0.25, 0.3) is 99.9 Å². The molecule has 0 unspecified atom stereocenters. The Balaban J connectivity index is 1.08. The molecule has 0 saturated carbocycles. The first-order chi connectivity index (χ1) is 27.3. The molecule has 0 aliphatic rings. The smallest absolute Gasteiger partial charge is 0.164 e. The van der Waals surface area contributed by atoms with Crippen LogP contribution in [0.5, 0.6) is 0 Å². The van der Waals surface area contributed by atoms with E-state index in [1.807, 2.05) is 84.9 Å². The van der Waals surface area contributed by atoms with Crippen LogP contribution in [0.2, 0.25) is 0 Å². The van der Waals surface area contributed by atoms with Gasteiger partial charge in [0, 0.05) is 27.5 Å². The highest BCUT2D eigenvalue weighted by atomic mass is 16.3. The zero-order valence-electron chi connectivity index (χ0n) is 32.1. The van der Waals surface area contributed by atoms with E-state index >= 15 is 0 Å². The maximum atomic E-state index is 8.37. The van der Waals surface area contributed by atoms with Crippen molar-refractivity contribution in [3.05, 3.63) is 176 Å². The summed E-state index contributed by atoms with van der Waals surface area (Å²) in [5.41, 5.74) is 6.66. The fourth-order valence-electron chi connectivity index (χ4n) is 6.82. The number of hydrogen-bond donors (Lipinski definition) is 0. The van der Waals surface area contributed by atoms with Crippen LogP contribution in [0.3, 0.4) is 0 Å². The van der Waals surface area contributed by atoms with E-state index in [1.165, 1.54) is 0 Å². The molecular weight excluding hydrogens is 623 g/mol. The van der Waals surface area contributed by atoms with E-state index in [0.29, 0.717) is 23.0 Å². The summed E-state index contributed by atoms with van der Waals surface area (Å²) in [7, 11) is 0. The molecule has 2 aromatic heterocycles. The highest BCUT2D eigenvalue weighted by molar-refractivity contribution is 6.15. The Kier molecular flexibility index (Phi) is 5.66. The molecule has 0 atom stereocenters. The summed E-state index contributed by atoms with van der Waals surface area (Å²) in [6.45, 7) is 0. The molecule has 8 aromatic carbocycles. The molecule has 0 radical (unpaired) electrons. The van der Waals surface area contributed by atoms with Gasteiger partial charge in [-0.15, -0.1) is 0 Å². The van der Waals surface area contributed by atoms with Gasteiger partial charge < -0.3 is 4.42 Å². The molecule has 4 heteroatoms. The minimum atomic E-state index is -0.407. The van der Waals surface area contributed by atoms with Gasteiger partial charge in [-0.1, -0.05) is 152 Å². The first kappa shape index (κ1) is 24.3. The van der Waals surface area contributed by atoms with Gasteiger partial charge in [0.1, 0.15) is 11.2 Å². The number of fused-ring (bicyclic) bond motifs is 5. The highest BCUT2D eigenvalue weighted by Crippen LogP contribution is 2.38. The molecule has 238 valence electrons. The molecule has 0 spiro atoms. The van der Waals surface area contributed by atoms with Crippen LogP contribution in [-0.2, 0) is 0 Å². The van der Waals surface area contributed by atoms with E-state index in [-0.39, 0.29) is 29.7 Å². The normalized spacial score (nSPS) is 12.9. The fourth-order valence-corrected chi connectivity index (χ4v) is 6.82. The third-order valence-corrected chi connectivity index (χ3v) is 9.40. The van der Waals surface area contributed by atoms with Gasteiger partial charge in [0.15, 0.2) is 17.5 Å². The predicted molar refractivity (Wildman–Crippen MR) is 209 cm³/mol. The Labute approximate surface area is 301 Å². The first-order valence-electron chi connectivity index (χ1n) is 19.2. The van der Waals surface area contributed by atoms with Gasteiger partial charge in [-0.3, -0.25) is 0 Å². The average molecular weight is 657 g/mol. The molecule has 51 heavy (non-hydrogen) atoms. The summed E-state index contributed by atoms with van der Waals surface area (Å²) in [5.74, 6) is 1.61. The van der Waals surface area contributed by atoms with E-state index in [9.17, 15) is 0 Å². The van der Waals surface area contributed by atoms with Crippen molar-refractivity contribution in [1.29, 1.82) is 0 Å². The van der Waals surface area contributed by atoms with Gasteiger partial charge in [0.25, 0.3) is 0 Å². The lowest BCUT2D eigenvalue weighted by Gasteiger charge is -2.11. The van der Waals surface area contributed by atoms with Crippen molar-refractivity contribution in [2.24, 2.45) is 0 Å². The second-order valence-corrected chi connectivity index (χ2v) is 12.5. The maximum Gasteiger partial charge on any atom is 0.164 e. The minimum Gasteiger partial charge on any atom is -0.456 e. The zero-order chi connectivity index (χ0) is 38.1. The Morgan fingerprint density at radius 1 is 0.392 bits per heavy atom. The molecule has 10 aromatic rings. The number of nitrogens with zero attached hydrogens (tertiary/aromatic N) is 3. The van der Waals surface area contributed by atoms with Crippen LogP contribution >= 0.6 is 0 Å². The predicted octanol–water partition coefficient (Wildman–Crippen LogP) is 12.4. The van der Waals surface area contributed by atoms with Crippen molar-refractivity contribution in [2.45, 2.75) is 0 Å². The van der Waals surface area contributed by atoms with Gasteiger partial charge in [0.2, 0.25) is 0 Å². The van der Waals surface area contributed by atoms with Crippen molar-refractivity contribution in [3.8, 4) is 56.4 Å². The highest BCUT2D eigenvalue weighted by Gasteiger charge is 2.18. The Bertz CT molecular complexity index is 3170. The van der Waals surface area contributed by atoms with Gasteiger partial charge in [-0.25, -0.2) is 15.0 Å². The quantitative estimate of drug-likeness (QED) is 0.185. The lowest BCUT2D eigenvalue weighted by atomic mass is 9.99. The Hall–Kier alpha value is -6.91. The molecule has 0 amide bonds. The maximum absolute atomic E-state index is 8.37. The molecule has 2 heterocycles. The van der Waals surface area contributed by atoms with Crippen LogP contribution in [0.4, 0.5) is 0 Å². The monoisotopic (exact) mass is 656 g/mol. The molecule has 0 fully saturated rings. The summed E-state index contributed by atoms with van der Waals surface area (Å²) in [6.07, 6.45) is 0. The third-order valence-electron chi connectivity index (χ3n) is 9.40. The lowest BCUT2D eigenvalue weighted by molar-refractivity contribution is 0.669. The SMILES string of the molecule is [2H]c1c([2H])c([2H])c(-c2ccc(-c3ccc(-c4nc(-c5ccc6ccccc6c5)nc(-c5cccc6oc7cc8ccccc8cc7c56)n4)cc3)cc2)c([2H])c1[2H]. The summed E-state index contributed by atoms with van der Waals surface area (Å²) in [5, 5.41) is 6.38. The lowest BCUT2D eigenvalue weighted by Crippen LogP contribution is -2.00. The van der Waals surface area contributed by atoms with Crippen LogP contribution in [-0.4, -0.2) is 15.0 Å². The van der Waals surface area contributed by atoms with Crippen LogP contribution in [0, 0.1) is 0 Å². The molecule has 0 aliphatic heterocycles.